The number of allylic oxidation sites excluding steroid dienone is 1. The van der Waals surface area contributed by atoms with Gasteiger partial charge in [0.2, 0.25) is 0 Å². The normalized spacial score (nSPS) is 16.3. The summed E-state index contributed by atoms with van der Waals surface area (Å²) in [6.07, 6.45) is 3.62. The van der Waals surface area contributed by atoms with E-state index in [4.69, 9.17) is 9.73 Å². The average molecular weight is 587 g/mol. The third-order valence-electron chi connectivity index (χ3n) is 6.80. The number of esters is 1. The van der Waals surface area contributed by atoms with Crippen LogP contribution in [0.5, 0.6) is 5.75 Å². The van der Waals surface area contributed by atoms with Gasteiger partial charge in [-0.15, -0.1) is 0 Å². The van der Waals surface area contributed by atoms with E-state index in [2.05, 4.69) is 51.0 Å². The van der Waals surface area contributed by atoms with Crippen molar-refractivity contribution >= 4 is 45.0 Å². The Labute approximate surface area is 231 Å². The summed E-state index contributed by atoms with van der Waals surface area (Å²) in [6, 6.07) is 23.6. The standard InChI is InChI=1S/C30H23BrN2O4S/c1-36-26(34)17-37-22-7-4-5-18(15-22)16-25-29(35)33-28(20-9-12-21(31)13-10-20)24-14-11-19-6-2-3-8-23(19)27(24)32-30(33)38-25/h2-10,12-13,15-16,28H,11,14,17H2,1H3. The van der Waals surface area contributed by atoms with E-state index in [1.807, 2.05) is 41.0 Å². The molecule has 0 saturated carbocycles. The van der Waals surface area contributed by atoms with Gasteiger partial charge in [0, 0.05) is 10.0 Å². The Morgan fingerprint density at radius 1 is 1.11 bits per heavy atom. The second-order valence-corrected chi connectivity index (χ2v) is 11.0. The quantitative estimate of drug-likeness (QED) is 0.320. The molecule has 1 aliphatic carbocycles. The molecule has 1 aliphatic heterocycles. The number of halogens is 1. The zero-order valence-corrected chi connectivity index (χ0v) is 22.9. The van der Waals surface area contributed by atoms with Gasteiger partial charge in [0.15, 0.2) is 11.4 Å². The monoisotopic (exact) mass is 586 g/mol. The van der Waals surface area contributed by atoms with Crippen LogP contribution in [-0.4, -0.2) is 24.3 Å². The average Bonchev–Trinajstić information content (AvgIpc) is 3.25. The van der Waals surface area contributed by atoms with Gasteiger partial charge in [-0.25, -0.2) is 9.79 Å². The number of carbonyl (C=O) groups excluding carboxylic acids is 1. The Balaban J connectivity index is 1.49. The molecule has 0 saturated heterocycles. The van der Waals surface area contributed by atoms with Gasteiger partial charge in [-0.05, 0) is 65.4 Å². The fourth-order valence-corrected chi connectivity index (χ4v) is 6.28. The number of ether oxygens (including phenoxy) is 2. The molecule has 0 N–H and O–H groups in total. The predicted molar refractivity (Wildman–Crippen MR) is 151 cm³/mol. The topological polar surface area (TPSA) is 69.9 Å². The van der Waals surface area contributed by atoms with E-state index < -0.39 is 5.97 Å². The maximum absolute atomic E-state index is 13.9. The lowest BCUT2D eigenvalue weighted by atomic mass is 9.83. The van der Waals surface area contributed by atoms with Crippen molar-refractivity contribution in [2.75, 3.05) is 13.7 Å². The molecule has 2 aliphatic rings. The Kier molecular flexibility index (Phi) is 6.59. The molecule has 1 aromatic heterocycles. The Morgan fingerprint density at radius 2 is 1.92 bits per heavy atom. The maximum Gasteiger partial charge on any atom is 0.343 e. The van der Waals surface area contributed by atoms with Crippen LogP contribution in [0.1, 0.15) is 34.7 Å². The number of benzene rings is 3. The number of carbonyl (C=O) groups is 1. The van der Waals surface area contributed by atoms with E-state index in [0.29, 0.717) is 15.1 Å². The first-order chi connectivity index (χ1) is 18.5. The minimum Gasteiger partial charge on any atom is -0.482 e. The number of nitrogens with zero attached hydrogens (tertiary/aromatic N) is 2. The molecule has 4 aromatic rings. The lowest BCUT2D eigenvalue weighted by Gasteiger charge is -2.30. The molecule has 0 fully saturated rings. The van der Waals surface area contributed by atoms with E-state index >= 15 is 0 Å². The molecule has 0 bridgehead atoms. The number of aryl methyl sites for hydroxylation is 1. The summed E-state index contributed by atoms with van der Waals surface area (Å²) in [6.45, 7) is -0.178. The van der Waals surface area contributed by atoms with Crippen LogP contribution in [-0.2, 0) is 16.0 Å². The van der Waals surface area contributed by atoms with Crippen LogP contribution in [0.25, 0.3) is 11.8 Å². The molecule has 3 aromatic carbocycles. The lowest BCUT2D eigenvalue weighted by molar-refractivity contribution is -0.142. The fraction of sp³-hybridized carbons (Fsp3) is 0.167. The van der Waals surface area contributed by atoms with Crippen LogP contribution in [0.2, 0.25) is 0 Å². The summed E-state index contributed by atoms with van der Waals surface area (Å²) in [5.41, 5.74) is 6.35. The molecule has 1 unspecified atom stereocenters. The number of hydrogen-bond donors (Lipinski definition) is 0. The molecule has 6 nitrogen and oxygen atoms in total. The fourth-order valence-electron chi connectivity index (χ4n) is 5.01. The minimum atomic E-state index is -0.456. The van der Waals surface area contributed by atoms with Gasteiger partial charge >= 0.3 is 5.97 Å². The van der Waals surface area contributed by atoms with Crippen molar-refractivity contribution in [3.8, 4) is 5.75 Å². The highest BCUT2D eigenvalue weighted by atomic mass is 79.9. The molecule has 38 heavy (non-hydrogen) atoms. The number of rotatable bonds is 5. The van der Waals surface area contributed by atoms with Gasteiger partial charge in [-0.1, -0.05) is 75.8 Å². The molecule has 6 rings (SSSR count). The van der Waals surface area contributed by atoms with E-state index in [1.54, 1.807) is 12.1 Å². The first kappa shape index (κ1) is 24.6. The number of methoxy groups -OCH3 is 1. The third kappa shape index (κ3) is 4.54. The SMILES string of the molecule is COC(=O)COc1cccc(C=c2sc3n(c2=O)C(c2ccc(Br)cc2)C2=C(N=3)c3ccccc3CC2)c1. The molecule has 0 amide bonds. The highest BCUT2D eigenvalue weighted by molar-refractivity contribution is 9.10. The molecule has 8 heteroatoms. The summed E-state index contributed by atoms with van der Waals surface area (Å²) in [5, 5.41) is 0. The van der Waals surface area contributed by atoms with Crippen molar-refractivity contribution in [1.29, 1.82) is 0 Å². The zero-order valence-electron chi connectivity index (χ0n) is 20.5. The Morgan fingerprint density at radius 3 is 2.74 bits per heavy atom. The van der Waals surface area contributed by atoms with Crippen molar-refractivity contribution in [3.63, 3.8) is 0 Å². The highest BCUT2D eigenvalue weighted by Crippen LogP contribution is 2.41. The Bertz CT molecular complexity index is 1770. The first-order valence-corrected chi connectivity index (χ1v) is 13.8. The second kappa shape index (κ2) is 10.2. The van der Waals surface area contributed by atoms with Crippen molar-refractivity contribution in [2.24, 2.45) is 4.99 Å². The van der Waals surface area contributed by atoms with Crippen molar-refractivity contribution < 1.29 is 14.3 Å². The number of hydrogen-bond acceptors (Lipinski definition) is 6. The van der Waals surface area contributed by atoms with Crippen LogP contribution < -0.4 is 19.6 Å². The molecule has 1 atom stereocenters. The van der Waals surface area contributed by atoms with Crippen molar-refractivity contribution in [1.82, 2.24) is 4.57 Å². The molecule has 0 spiro atoms. The second-order valence-electron chi connectivity index (χ2n) is 9.10. The molecule has 2 heterocycles. The predicted octanol–water partition coefficient (Wildman–Crippen LogP) is 4.63. The van der Waals surface area contributed by atoms with Gasteiger partial charge in [-0.3, -0.25) is 9.36 Å². The summed E-state index contributed by atoms with van der Waals surface area (Å²) in [5.74, 6) is 0.0685. The van der Waals surface area contributed by atoms with E-state index in [0.717, 1.165) is 39.7 Å². The van der Waals surface area contributed by atoms with E-state index in [1.165, 1.54) is 29.6 Å². The van der Waals surface area contributed by atoms with Gasteiger partial charge in [0.1, 0.15) is 5.75 Å². The van der Waals surface area contributed by atoms with E-state index in [9.17, 15) is 9.59 Å². The van der Waals surface area contributed by atoms with Crippen LogP contribution >= 0.6 is 27.3 Å². The molecular formula is C30H23BrN2O4S. The summed E-state index contributed by atoms with van der Waals surface area (Å²) < 4.78 is 13.6. The first-order valence-electron chi connectivity index (χ1n) is 12.2. The van der Waals surface area contributed by atoms with Crippen molar-refractivity contribution in [3.05, 3.63) is 125 Å². The van der Waals surface area contributed by atoms with Gasteiger partial charge < -0.3 is 9.47 Å². The van der Waals surface area contributed by atoms with E-state index in [-0.39, 0.29) is 18.2 Å². The van der Waals surface area contributed by atoms with Gasteiger partial charge in [-0.2, -0.15) is 0 Å². The zero-order chi connectivity index (χ0) is 26.2. The smallest absolute Gasteiger partial charge is 0.343 e. The van der Waals surface area contributed by atoms with Crippen LogP contribution in [0, 0.1) is 0 Å². The summed E-state index contributed by atoms with van der Waals surface area (Å²) >= 11 is 4.92. The molecule has 0 radical (unpaired) electrons. The summed E-state index contributed by atoms with van der Waals surface area (Å²) in [7, 11) is 1.32. The minimum absolute atomic E-state index is 0.0760. The van der Waals surface area contributed by atoms with Gasteiger partial charge in [0.25, 0.3) is 5.56 Å². The van der Waals surface area contributed by atoms with Crippen LogP contribution in [0.3, 0.4) is 0 Å². The third-order valence-corrected chi connectivity index (χ3v) is 8.31. The molecule has 190 valence electrons. The largest absolute Gasteiger partial charge is 0.482 e. The lowest BCUT2D eigenvalue weighted by Crippen LogP contribution is -2.38. The van der Waals surface area contributed by atoms with Crippen molar-refractivity contribution in [2.45, 2.75) is 18.9 Å². The van der Waals surface area contributed by atoms with Crippen LogP contribution in [0.4, 0.5) is 0 Å². The number of thiazole rings is 1. The highest BCUT2D eigenvalue weighted by Gasteiger charge is 2.32. The van der Waals surface area contributed by atoms with Crippen LogP contribution in [0.15, 0.2) is 92.6 Å². The summed E-state index contributed by atoms with van der Waals surface area (Å²) in [4.78, 5) is 31.1. The number of aromatic nitrogens is 1. The maximum atomic E-state index is 13.9. The molecular weight excluding hydrogens is 564 g/mol. The van der Waals surface area contributed by atoms with Gasteiger partial charge in [0.05, 0.1) is 23.4 Å². The number of fused-ring (bicyclic) bond motifs is 3. The Hall–Kier alpha value is -3.75.